The first-order chi connectivity index (χ1) is 6.65. The Morgan fingerprint density at radius 3 is 3.07 bits per heavy atom. The number of aliphatic hydroxyl groups is 1. The minimum absolute atomic E-state index is 0.222. The van der Waals surface area contributed by atoms with Crippen molar-refractivity contribution in [3.8, 4) is 0 Å². The quantitative estimate of drug-likeness (QED) is 0.565. The number of hydrogen-bond acceptors (Lipinski definition) is 4. The van der Waals surface area contributed by atoms with E-state index in [1.165, 1.54) is 17.0 Å². The van der Waals surface area contributed by atoms with Gasteiger partial charge in [-0.15, -0.1) is 0 Å². The van der Waals surface area contributed by atoms with Gasteiger partial charge < -0.3 is 15.2 Å². The van der Waals surface area contributed by atoms with Gasteiger partial charge in [-0.3, -0.25) is 0 Å². The van der Waals surface area contributed by atoms with Gasteiger partial charge in [0.25, 0.3) is 0 Å². The van der Waals surface area contributed by atoms with Gasteiger partial charge in [-0.1, -0.05) is 18.3 Å². The molecule has 0 aliphatic heterocycles. The summed E-state index contributed by atoms with van der Waals surface area (Å²) in [5.41, 5.74) is 0. The van der Waals surface area contributed by atoms with Crippen molar-refractivity contribution in [2.24, 2.45) is 0 Å². The fourth-order valence-corrected chi connectivity index (χ4v) is 1.27. The van der Waals surface area contributed by atoms with Gasteiger partial charge in [0.1, 0.15) is 12.4 Å². The normalized spacial score (nSPS) is 12.7. The predicted octanol–water partition coefficient (Wildman–Crippen LogP) is 0.952. The zero-order valence-corrected chi connectivity index (χ0v) is 7.96. The Morgan fingerprint density at radius 1 is 1.79 bits per heavy atom. The maximum atomic E-state index is 10.5. The Balaban J connectivity index is 2.66. The molecule has 0 bridgehead atoms. The van der Waals surface area contributed by atoms with Crippen LogP contribution in [0.5, 0.6) is 0 Å². The van der Waals surface area contributed by atoms with E-state index in [9.17, 15) is 15.2 Å². The molecule has 0 amide bonds. The Morgan fingerprint density at radius 2 is 2.50 bits per heavy atom. The summed E-state index contributed by atoms with van der Waals surface area (Å²) in [4.78, 5) is 13.5. The van der Waals surface area contributed by atoms with E-state index >= 15 is 0 Å². The number of nitrogens with zero attached hydrogens (tertiary/aromatic N) is 3. The van der Waals surface area contributed by atoms with Crippen LogP contribution in [0.25, 0.3) is 0 Å². The summed E-state index contributed by atoms with van der Waals surface area (Å²) >= 11 is 0. The van der Waals surface area contributed by atoms with E-state index in [-0.39, 0.29) is 12.5 Å². The SMILES string of the molecule is CCCC(O)Cn1ccnc1[N+](=O)[O-]. The largest absolute Gasteiger partial charge is 0.434 e. The molecule has 1 rings (SSSR count). The molecule has 6 heteroatoms. The molecule has 0 aromatic carbocycles. The van der Waals surface area contributed by atoms with Crippen LogP contribution in [-0.4, -0.2) is 25.7 Å². The Labute approximate surface area is 81.3 Å². The van der Waals surface area contributed by atoms with Crippen LogP contribution in [0.1, 0.15) is 19.8 Å². The first kappa shape index (κ1) is 10.6. The molecule has 0 aliphatic carbocycles. The van der Waals surface area contributed by atoms with Gasteiger partial charge in [0.15, 0.2) is 0 Å². The summed E-state index contributed by atoms with van der Waals surface area (Å²) in [7, 11) is 0. The molecule has 1 heterocycles. The van der Waals surface area contributed by atoms with Crippen molar-refractivity contribution in [3.63, 3.8) is 0 Å². The molecule has 1 N–H and O–H groups in total. The number of hydrogen-bond donors (Lipinski definition) is 1. The van der Waals surface area contributed by atoms with E-state index < -0.39 is 11.0 Å². The minimum Gasteiger partial charge on any atom is -0.390 e. The molecule has 1 aromatic rings. The van der Waals surface area contributed by atoms with Gasteiger partial charge in [0.05, 0.1) is 12.6 Å². The third-order valence-corrected chi connectivity index (χ3v) is 1.89. The molecule has 14 heavy (non-hydrogen) atoms. The second kappa shape index (κ2) is 4.71. The van der Waals surface area contributed by atoms with Gasteiger partial charge >= 0.3 is 5.95 Å². The van der Waals surface area contributed by atoms with Gasteiger partial charge in [0.2, 0.25) is 0 Å². The van der Waals surface area contributed by atoms with Gasteiger partial charge in [-0.05, 0) is 11.3 Å². The standard InChI is InChI=1S/C8H13N3O3/c1-2-3-7(12)6-10-5-4-9-8(10)11(13)14/h4-5,7,12H,2-3,6H2,1H3. The van der Waals surface area contributed by atoms with Crippen LogP contribution < -0.4 is 0 Å². The zero-order chi connectivity index (χ0) is 10.6. The molecule has 6 nitrogen and oxygen atoms in total. The van der Waals surface area contributed by atoms with Crippen molar-refractivity contribution >= 4 is 5.95 Å². The lowest BCUT2D eigenvalue weighted by Crippen LogP contribution is -2.16. The fourth-order valence-electron chi connectivity index (χ4n) is 1.27. The Bertz CT molecular complexity index is 311. The van der Waals surface area contributed by atoms with E-state index in [1.54, 1.807) is 0 Å². The molecule has 0 saturated heterocycles. The average molecular weight is 199 g/mol. The minimum atomic E-state index is -0.557. The second-order valence-corrected chi connectivity index (χ2v) is 3.08. The summed E-state index contributed by atoms with van der Waals surface area (Å²) in [5.74, 6) is -0.222. The van der Waals surface area contributed by atoms with Crippen LogP contribution in [-0.2, 0) is 6.54 Å². The third-order valence-electron chi connectivity index (χ3n) is 1.89. The van der Waals surface area contributed by atoms with Crippen molar-refractivity contribution < 1.29 is 10.0 Å². The van der Waals surface area contributed by atoms with Crippen molar-refractivity contribution in [1.29, 1.82) is 0 Å². The molecule has 1 atom stereocenters. The first-order valence-corrected chi connectivity index (χ1v) is 4.48. The van der Waals surface area contributed by atoms with E-state index in [2.05, 4.69) is 4.98 Å². The average Bonchev–Trinajstić information content (AvgIpc) is 2.52. The van der Waals surface area contributed by atoms with Crippen LogP contribution in [0.15, 0.2) is 12.4 Å². The van der Waals surface area contributed by atoms with Crippen molar-refractivity contribution in [2.45, 2.75) is 32.4 Å². The topological polar surface area (TPSA) is 81.2 Å². The summed E-state index contributed by atoms with van der Waals surface area (Å²) in [6.07, 6.45) is 3.79. The molecule has 0 aliphatic rings. The highest BCUT2D eigenvalue weighted by Crippen LogP contribution is 2.09. The van der Waals surface area contributed by atoms with Crippen LogP contribution >= 0.6 is 0 Å². The molecule has 1 unspecified atom stereocenters. The Kier molecular flexibility index (Phi) is 3.58. The van der Waals surface area contributed by atoms with Gasteiger partial charge in [0, 0.05) is 0 Å². The lowest BCUT2D eigenvalue weighted by atomic mass is 10.2. The maximum Gasteiger partial charge on any atom is 0.434 e. The van der Waals surface area contributed by atoms with E-state index in [0.29, 0.717) is 6.42 Å². The summed E-state index contributed by atoms with van der Waals surface area (Å²) < 4.78 is 1.35. The summed E-state index contributed by atoms with van der Waals surface area (Å²) in [6, 6.07) is 0. The molecule has 0 radical (unpaired) electrons. The molecule has 0 spiro atoms. The lowest BCUT2D eigenvalue weighted by Gasteiger charge is -2.07. The molecular weight excluding hydrogens is 186 g/mol. The molecule has 0 saturated carbocycles. The van der Waals surface area contributed by atoms with Crippen LogP contribution in [0.4, 0.5) is 5.95 Å². The number of imidazole rings is 1. The highest BCUT2D eigenvalue weighted by Gasteiger charge is 2.16. The van der Waals surface area contributed by atoms with E-state index in [1.807, 2.05) is 6.92 Å². The zero-order valence-electron chi connectivity index (χ0n) is 7.96. The number of nitro groups is 1. The maximum absolute atomic E-state index is 10.5. The lowest BCUT2D eigenvalue weighted by molar-refractivity contribution is -0.397. The van der Waals surface area contributed by atoms with Gasteiger partial charge in [-0.25, -0.2) is 4.57 Å². The Hall–Kier alpha value is -1.43. The van der Waals surface area contributed by atoms with Crippen LogP contribution in [0.3, 0.4) is 0 Å². The number of aromatic nitrogens is 2. The van der Waals surface area contributed by atoms with E-state index in [0.717, 1.165) is 6.42 Å². The van der Waals surface area contributed by atoms with Crippen molar-refractivity contribution in [2.75, 3.05) is 0 Å². The monoisotopic (exact) mass is 199 g/mol. The predicted molar refractivity (Wildman–Crippen MR) is 49.8 cm³/mol. The van der Waals surface area contributed by atoms with Crippen LogP contribution in [0.2, 0.25) is 0 Å². The molecule has 0 fully saturated rings. The third kappa shape index (κ3) is 2.53. The number of rotatable bonds is 5. The molecule has 1 aromatic heterocycles. The molecular formula is C8H13N3O3. The fraction of sp³-hybridized carbons (Fsp3) is 0.625. The smallest absolute Gasteiger partial charge is 0.390 e. The summed E-state index contributed by atoms with van der Waals surface area (Å²) in [6.45, 7) is 2.18. The highest BCUT2D eigenvalue weighted by atomic mass is 16.6. The summed E-state index contributed by atoms with van der Waals surface area (Å²) in [5, 5.41) is 19.9. The van der Waals surface area contributed by atoms with Crippen molar-refractivity contribution in [3.05, 3.63) is 22.5 Å². The number of aliphatic hydroxyl groups excluding tert-OH is 1. The highest BCUT2D eigenvalue weighted by molar-refractivity contribution is 5.06. The van der Waals surface area contributed by atoms with E-state index in [4.69, 9.17) is 0 Å². The second-order valence-electron chi connectivity index (χ2n) is 3.08. The van der Waals surface area contributed by atoms with Crippen molar-refractivity contribution in [1.82, 2.24) is 9.55 Å². The van der Waals surface area contributed by atoms with Gasteiger partial charge in [-0.2, -0.15) is 0 Å². The van der Waals surface area contributed by atoms with Crippen LogP contribution in [0, 0.1) is 10.1 Å². The first-order valence-electron chi connectivity index (χ1n) is 4.48. The molecule has 78 valence electrons.